The number of ether oxygens (including phenoxy) is 1. The van der Waals surface area contributed by atoms with Gasteiger partial charge in [-0.25, -0.2) is 4.79 Å². The van der Waals surface area contributed by atoms with Gasteiger partial charge in [0.2, 0.25) is 5.56 Å². The number of anilines is 1. The fourth-order valence-corrected chi connectivity index (χ4v) is 4.88. The largest absolute Gasteiger partial charge is 0.461 e. The SMILES string of the molecule is O=C(Nc1ccc(C[C@H](NC(=O)c2c(Cl)cccc2Cl)C(=O)OC2CCCCC2)cc1)c1cccc(=O)[nH]1. The molecule has 2 amide bonds. The molecule has 1 aliphatic rings. The fraction of sp³-hybridized carbons (Fsp3) is 0.286. The topological polar surface area (TPSA) is 117 Å². The number of rotatable bonds is 8. The van der Waals surface area contributed by atoms with E-state index in [1.807, 2.05) is 0 Å². The van der Waals surface area contributed by atoms with Crippen LogP contribution in [0.2, 0.25) is 10.0 Å². The van der Waals surface area contributed by atoms with Crippen molar-refractivity contribution >= 4 is 46.7 Å². The van der Waals surface area contributed by atoms with E-state index in [2.05, 4.69) is 15.6 Å². The minimum Gasteiger partial charge on any atom is -0.461 e. The van der Waals surface area contributed by atoms with E-state index in [4.69, 9.17) is 27.9 Å². The smallest absolute Gasteiger partial charge is 0.329 e. The Morgan fingerprint density at radius 2 is 1.55 bits per heavy atom. The van der Waals surface area contributed by atoms with Crippen molar-refractivity contribution in [3.63, 3.8) is 0 Å². The van der Waals surface area contributed by atoms with Gasteiger partial charge < -0.3 is 20.4 Å². The van der Waals surface area contributed by atoms with Crippen LogP contribution in [0.4, 0.5) is 5.69 Å². The molecule has 10 heteroatoms. The Morgan fingerprint density at radius 3 is 2.21 bits per heavy atom. The van der Waals surface area contributed by atoms with E-state index in [0.717, 1.165) is 37.7 Å². The quantitative estimate of drug-likeness (QED) is 0.332. The summed E-state index contributed by atoms with van der Waals surface area (Å²) < 4.78 is 5.75. The van der Waals surface area contributed by atoms with Crippen LogP contribution in [0.1, 0.15) is 58.5 Å². The average Bonchev–Trinajstić information content (AvgIpc) is 2.90. The molecule has 0 spiro atoms. The van der Waals surface area contributed by atoms with Gasteiger partial charge in [-0.1, -0.05) is 53.9 Å². The molecule has 4 rings (SSSR count). The number of pyridine rings is 1. The maximum absolute atomic E-state index is 13.2. The first-order valence-electron chi connectivity index (χ1n) is 12.3. The number of aromatic nitrogens is 1. The number of hydrogen-bond donors (Lipinski definition) is 3. The highest BCUT2D eigenvalue weighted by Crippen LogP contribution is 2.25. The molecule has 1 heterocycles. The van der Waals surface area contributed by atoms with Crippen LogP contribution in [0, 0.1) is 0 Å². The molecule has 1 saturated carbocycles. The van der Waals surface area contributed by atoms with Gasteiger partial charge in [0.25, 0.3) is 11.8 Å². The van der Waals surface area contributed by atoms with Crippen molar-refractivity contribution in [3.8, 4) is 0 Å². The van der Waals surface area contributed by atoms with Crippen molar-refractivity contribution in [2.45, 2.75) is 50.7 Å². The van der Waals surface area contributed by atoms with Gasteiger partial charge in [0.15, 0.2) is 0 Å². The summed E-state index contributed by atoms with van der Waals surface area (Å²) in [5, 5.41) is 5.80. The number of carbonyl (C=O) groups is 3. The van der Waals surface area contributed by atoms with Crippen molar-refractivity contribution in [2.24, 2.45) is 0 Å². The van der Waals surface area contributed by atoms with Crippen LogP contribution in [0.5, 0.6) is 0 Å². The molecule has 0 saturated heterocycles. The van der Waals surface area contributed by atoms with Crippen molar-refractivity contribution in [1.82, 2.24) is 10.3 Å². The Labute approximate surface area is 229 Å². The predicted octanol–water partition coefficient (Wildman–Crippen LogP) is 5.15. The first kappa shape index (κ1) is 27.4. The maximum atomic E-state index is 13.2. The lowest BCUT2D eigenvalue weighted by Gasteiger charge is -2.25. The molecule has 2 aromatic carbocycles. The zero-order valence-corrected chi connectivity index (χ0v) is 22.0. The molecule has 3 N–H and O–H groups in total. The molecule has 1 atom stereocenters. The van der Waals surface area contributed by atoms with Gasteiger partial charge in [0, 0.05) is 18.2 Å². The molecule has 0 bridgehead atoms. The van der Waals surface area contributed by atoms with Crippen molar-refractivity contribution < 1.29 is 19.1 Å². The average molecular weight is 556 g/mol. The Bertz CT molecular complexity index is 1350. The molecular formula is C28H27Cl2N3O5. The second-order valence-electron chi connectivity index (χ2n) is 9.10. The normalized spacial score (nSPS) is 14.4. The van der Waals surface area contributed by atoms with Gasteiger partial charge in [-0.2, -0.15) is 0 Å². The second kappa shape index (κ2) is 12.8. The molecule has 0 radical (unpaired) electrons. The summed E-state index contributed by atoms with van der Waals surface area (Å²) in [5.74, 6) is -1.57. The minimum absolute atomic E-state index is 0.0864. The highest BCUT2D eigenvalue weighted by molar-refractivity contribution is 6.39. The standard InChI is InChI=1S/C28H27Cl2N3O5/c29-20-8-4-9-21(30)25(20)27(36)33-23(28(37)38-19-6-2-1-3-7-19)16-17-12-14-18(15-13-17)31-26(35)22-10-5-11-24(34)32-22/h4-5,8-15,19,23H,1-3,6-7,16H2,(H,31,35)(H,32,34)(H,33,36)/t23-/m0/s1. The highest BCUT2D eigenvalue weighted by atomic mass is 35.5. The lowest BCUT2D eigenvalue weighted by Crippen LogP contribution is -2.44. The van der Waals surface area contributed by atoms with Crippen LogP contribution in [-0.4, -0.2) is 34.9 Å². The monoisotopic (exact) mass is 555 g/mol. The second-order valence-corrected chi connectivity index (χ2v) is 9.92. The van der Waals surface area contributed by atoms with E-state index < -0.39 is 23.8 Å². The first-order valence-corrected chi connectivity index (χ1v) is 13.1. The molecule has 3 aromatic rings. The third-order valence-electron chi connectivity index (χ3n) is 6.28. The molecule has 1 aliphatic carbocycles. The number of halogens is 2. The van der Waals surface area contributed by atoms with E-state index in [1.54, 1.807) is 42.5 Å². The molecule has 38 heavy (non-hydrogen) atoms. The summed E-state index contributed by atoms with van der Waals surface area (Å²) in [5.41, 5.74) is 1.07. The number of H-pyrrole nitrogens is 1. The van der Waals surface area contributed by atoms with Crippen LogP contribution in [0.25, 0.3) is 0 Å². The van der Waals surface area contributed by atoms with Crippen LogP contribution in [-0.2, 0) is 16.0 Å². The van der Waals surface area contributed by atoms with E-state index in [1.165, 1.54) is 18.2 Å². The maximum Gasteiger partial charge on any atom is 0.329 e. The van der Waals surface area contributed by atoms with Gasteiger partial charge in [-0.15, -0.1) is 0 Å². The number of aromatic amines is 1. The number of hydrogen-bond acceptors (Lipinski definition) is 5. The first-order chi connectivity index (χ1) is 18.3. The third kappa shape index (κ3) is 7.24. The molecule has 8 nitrogen and oxygen atoms in total. The van der Waals surface area contributed by atoms with Gasteiger partial charge in [0.1, 0.15) is 17.8 Å². The summed E-state index contributed by atoms with van der Waals surface area (Å²) in [4.78, 5) is 52.6. The Hall–Kier alpha value is -3.62. The van der Waals surface area contributed by atoms with E-state index in [-0.39, 0.29) is 39.4 Å². The van der Waals surface area contributed by atoms with Gasteiger partial charge >= 0.3 is 5.97 Å². The Kier molecular flexibility index (Phi) is 9.20. The number of carbonyl (C=O) groups excluding carboxylic acids is 3. The lowest BCUT2D eigenvalue weighted by molar-refractivity contribution is -0.152. The van der Waals surface area contributed by atoms with Crippen molar-refractivity contribution in [2.75, 3.05) is 5.32 Å². The fourth-order valence-electron chi connectivity index (χ4n) is 4.31. The van der Waals surface area contributed by atoms with Crippen molar-refractivity contribution in [1.29, 1.82) is 0 Å². The highest BCUT2D eigenvalue weighted by Gasteiger charge is 2.28. The molecule has 0 aliphatic heterocycles. The van der Waals surface area contributed by atoms with E-state index >= 15 is 0 Å². The molecule has 0 unspecified atom stereocenters. The number of amides is 2. The van der Waals surface area contributed by atoms with Gasteiger partial charge in [-0.05, 0) is 61.6 Å². The number of benzene rings is 2. The van der Waals surface area contributed by atoms with E-state index in [9.17, 15) is 19.2 Å². The summed E-state index contributed by atoms with van der Waals surface area (Å²) in [6.45, 7) is 0. The van der Waals surface area contributed by atoms with Crippen LogP contribution < -0.4 is 16.2 Å². The summed E-state index contributed by atoms with van der Waals surface area (Å²) >= 11 is 12.4. The molecule has 198 valence electrons. The van der Waals surface area contributed by atoms with Crippen LogP contribution in [0.15, 0.2) is 65.5 Å². The summed E-state index contributed by atoms with van der Waals surface area (Å²) in [6.07, 6.45) is 4.67. The lowest BCUT2D eigenvalue weighted by atomic mass is 9.97. The van der Waals surface area contributed by atoms with Crippen LogP contribution in [0.3, 0.4) is 0 Å². The zero-order valence-electron chi connectivity index (χ0n) is 20.5. The Morgan fingerprint density at radius 1 is 0.895 bits per heavy atom. The van der Waals surface area contributed by atoms with E-state index in [0.29, 0.717) is 5.69 Å². The number of esters is 1. The minimum atomic E-state index is -0.980. The van der Waals surface area contributed by atoms with Gasteiger partial charge in [0.05, 0.1) is 15.6 Å². The molecular weight excluding hydrogens is 529 g/mol. The van der Waals surface area contributed by atoms with Crippen molar-refractivity contribution in [3.05, 3.63) is 97.9 Å². The summed E-state index contributed by atoms with van der Waals surface area (Å²) in [7, 11) is 0. The number of nitrogens with one attached hydrogen (secondary N) is 3. The summed E-state index contributed by atoms with van der Waals surface area (Å²) in [6, 6.07) is 14.9. The molecule has 1 aromatic heterocycles. The zero-order chi connectivity index (χ0) is 27.1. The van der Waals surface area contributed by atoms with Gasteiger partial charge in [-0.3, -0.25) is 14.4 Å². The van der Waals surface area contributed by atoms with Crippen LogP contribution >= 0.6 is 23.2 Å². The third-order valence-corrected chi connectivity index (χ3v) is 6.91. The Balaban J connectivity index is 1.48. The molecule has 1 fully saturated rings. The predicted molar refractivity (Wildman–Crippen MR) is 146 cm³/mol.